The number of aryl methyl sites for hydroxylation is 2. The van der Waals surface area contributed by atoms with Crippen molar-refractivity contribution in [3.63, 3.8) is 0 Å². The zero-order valence-corrected chi connectivity index (χ0v) is 14.0. The van der Waals surface area contributed by atoms with Gasteiger partial charge in [-0.1, -0.05) is 18.2 Å². The fraction of sp³-hybridized carbons (Fsp3) is 0.353. The van der Waals surface area contributed by atoms with Crippen molar-refractivity contribution < 1.29 is 9.59 Å². The maximum atomic E-state index is 12.0. The smallest absolute Gasteiger partial charge is 0.315 e. The van der Waals surface area contributed by atoms with Gasteiger partial charge >= 0.3 is 6.03 Å². The number of benzene rings is 1. The van der Waals surface area contributed by atoms with Gasteiger partial charge in [0.2, 0.25) is 5.91 Å². The number of para-hydroxylation sites is 1. The number of carbonyl (C=O) groups excluding carboxylic acids is 2. The van der Waals surface area contributed by atoms with E-state index in [-0.39, 0.29) is 11.9 Å². The molecule has 0 aliphatic heterocycles. The lowest BCUT2D eigenvalue weighted by molar-refractivity contribution is -0.117. The Hall–Kier alpha value is -2.83. The third-order valence-corrected chi connectivity index (χ3v) is 3.57. The van der Waals surface area contributed by atoms with Crippen molar-refractivity contribution >= 4 is 17.6 Å². The average Bonchev–Trinajstić information content (AvgIpc) is 2.97. The van der Waals surface area contributed by atoms with E-state index in [4.69, 9.17) is 0 Å². The van der Waals surface area contributed by atoms with Crippen molar-refractivity contribution in [2.75, 3.05) is 11.9 Å². The Bertz CT molecular complexity index is 669. The lowest BCUT2D eigenvalue weighted by Gasteiger charge is -2.15. The first-order chi connectivity index (χ1) is 11.6. The quantitative estimate of drug-likeness (QED) is 0.678. The number of nitrogens with one attached hydrogen (secondary N) is 3. The summed E-state index contributed by atoms with van der Waals surface area (Å²) in [6.07, 6.45) is 4.45. The van der Waals surface area contributed by atoms with Crippen LogP contribution < -0.4 is 16.0 Å². The molecule has 3 amide bonds. The summed E-state index contributed by atoms with van der Waals surface area (Å²) in [5.74, 6) is 0.691. The van der Waals surface area contributed by atoms with Crippen LogP contribution in [0, 0.1) is 6.92 Å². The van der Waals surface area contributed by atoms with Gasteiger partial charge in [-0.25, -0.2) is 9.78 Å². The molecule has 1 atom stereocenters. The van der Waals surface area contributed by atoms with Gasteiger partial charge < -0.3 is 20.5 Å². The molecule has 7 nitrogen and oxygen atoms in total. The number of hydrogen-bond donors (Lipinski definition) is 3. The fourth-order valence-corrected chi connectivity index (χ4v) is 2.18. The van der Waals surface area contributed by atoms with Crippen LogP contribution >= 0.6 is 0 Å². The summed E-state index contributed by atoms with van der Waals surface area (Å²) in [7, 11) is 0. The standard InChI is InChI=1S/C17H23N5O2/c1-13(16(23)21-15-7-4-3-5-8-15)20-17(24)19-9-6-11-22-12-10-18-14(22)2/h3-5,7-8,10,12-13H,6,9,11H2,1-2H3,(H,21,23)(H2,19,20,24)/t13-/m1/s1. The van der Waals surface area contributed by atoms with Crippen molar-refractivity contribution in [2.45, 2.75) is 32.9 Å². The van der Waals surface area contributed by atoms with Crippen LogP contribution in [0.25, 0.3) is 0 Å². The number of urea groups is 1. The molecule has 0 radical (unpaired) electrons. The number of nitrogens with zero attached hydrogens (tertiary/aromatic N) is 2. The molecule has 0 aliphatic carbocycles. The Morgan fingerprint density at radius 3 is 2.67 bits per heavy atom. The van der Waals surface area contributed by atoms with Crippen LogP contribution in [0.2, 0.25) is 0 Å². The topological polar surface area (TPSA) is 88.1 Å². The molecule has 0 fully saturated rings. The summed E-state index contributed by atoms with van der Waals surface area (Å²) in [6.45, 7) is 4.90. The van der Waals surface area contributed by atoms with Gasteiger partial charge in [0.1, 0.15) is 11.9 Å². The number of aromatic nitrogens is 2. The van der Waals surface area contributed by atoms with Crippen LogP contribution in [0.3, 0.4) is 0 Å². The summed E-state index contributed by atoms with van der Waals surface area (Å²) < 4.78 is 2.02. The van der Waals surface area contributed by atoms with E-state index in [1.165, 1.54) is 0 Å². The molecular formula is C17H23N5O2. The Labute approximate surface area is 141 Å². The fourth-order valence-electron chi connectivity index (χ4n) is 2.18. The third-order valence-electron chi connectivity index (χ3n) is 3.57. The van der Waals surface area contributed by atoms with Crippen LogP contribution in [0.1, 0.15) is 19.2 Å². The minimum Gasteiger partial charge on any atom is -0.338 e. The van der Waals surface area contributed by atoms with Crippen molar-refractivity contribution in [2.24, 2.45) is 0 Å². The molecule has 0 spiro atoms. The van der Waals surface area contributed by atoms with Gasteiger partial charge in [-0.2, -0.15) is 0 Å². The van der Waals surface area contributed by atoms with Gasteiger partial charge in [-0.15, -0.1) is 0 Å². The van der Waals surface area contributed by atoms with E-state index in [1.807, 2.05) is 35.9 Å². The van der Waals surface area contributed by atoms with Gasteiger partial charge in [-0.3, -0.25) is 4.79 Å². The number of amides is 3. The number of anilines is 1. The third kappa shape index (κ3) is 5.42. The molecule has 24 heavy (non-hydrogen) atoms. The van der Waals surface area contributed by atoms with E-state index in [1.54, 1.807) is 25.3 Å². The predicted molar refractivity (Wildman–Crippen MR) is 92.6 cm³/mol. The molecule has 0 saturated carbocycles. The molecule has 3 N–H and O–H groups in total. The monoisotopic (exact) mass is 329 g/mol. The van der Waals surface area contributed by atoms with E-state index in [0.717, 1.165) is 18.8 Å². The summed E-state index contributed by atoms with van der Waals surface area (Å²) in [4.78, 5) is 28.0. The highest BCUT2D eigenvalue weighted by Crippen LogP contribution is 2.05. The van der Waals surface area contributed by atoms with E-state index >= 15 is 0 Å². The minimum atomic E-state index is -0.624. The molecular weight excluding hydrogens is 306 g/mol. The lowest BCUT2D eigenvalue weighted by Crippen LogP contribution is -2.46. The normalized spacial score (nSPS) is 11.6. The molecule has 7 heteroatoms. The van der Waals surface area contributed by atoms with Gasteiger partial charge in [0.15, 0.2) is 0 Å². The molecule has 1 aromatic heterocycles. The van der Waals surface area contributed by atoms with Gasteiger partial charge in [0.05, 0.1) is 0 Å². The Morgan fingerprint density at radius 1 is 1.25 bits per heavy atom. The Balaban J connectivity index is 1.66. The number of hydrogen-bond acceptors (Lipinski definition) is 3. The van der Waals surface area contributed by atoms with Crippen LogP contribution in [0.4, 0.5) is 10.5 Å². The molecule has 128 valence electrons. The first kappa shape index (κ1) is 17.5. The summed E-state index contributed by atoms with van der Waals surface area (Å²) in [5, 5.41) is 8.12. The molecule has 0 aliphatic rings. The first-order valence-corrected chi connectivity index (χ1v) is 7.94. The lowest BCUT2D eigenvalue weighted by atomic mass is 10.2. The van der Waals surface area contributed by atoms with Crippen LogP contribution in [-0.4, -0.2) is 34.1 Å². The Kier molecular flexibility index (Phi) is 6.36. The van der Waals surface area contributed by atoms with E-state index in [2.05, 4.69) is 20.9 Å². The molecule has 0 unspecified atom stereocenters. The van der Waals surface area contributed by atoms with Crippen molar-refractivity contribution in [1.82, 2.24) is 20.2 Å². The summed E-state index contributed by atoms with van der Waals surface area (Å²) in [6, 6.07) is 8.15. The maximum Gasteiger partial charge on any atom is 0.315 e. The van der Waals surface area contributed by atoms with Crippen molar-refractivity contribution in [3.05, 3.63) is 48.5 Å². The molecule has 2 aromatic rings. The summed E-state index contributed by atoms with van der Waals surface area (Å²) >= 11 is 0. The molecule has 2 rings (SSSR count). The largest absolute Gasteiger partial charge is 0.338 e. The van der Waals surface area contributed by atoms with Crippen LogP contribution in [0.15, 0.2) is 42.7 Å². The SMILES string of the molecule is Cc1nccn1CCCNC(=O)N[C@H](C)C(=O)Nc1ccccc1. The minimum absolute atomic E-state index is 0.259. The zero-order valence-electron chi connectivity index (χ0n) is 14.0. The number of carbonyl (C=O) groups is 2. The predicted octanol–water partition coefficient (Wildman–Crippen LogP) is 1.91. The van der Waals surface area contributed by atoms with Gasteiger partial charge in [0, 0.05) is 31.2 Å². The highest BCUT2D eigenvalue weighted by molar-refractivity contribution is 5.96. The van der Waals surface area contributed by atoms with E-state index < -0.39 is 6.04 Å². The van der Waals surface area contributed by atoms with E-state index in [0.29, 0.717) is 12.2 Å². The highest BCUT2D eigenvalue weighted by Gasteiger charge is 2.15. The van der Waals surface area contributed by atoms with Gasteiger partial charge in [0.25, 0.3) is 0 Å². The maximum absolute atomic E-state index is 12.0. The molecule has 1 heterocycles. The number of imidazole rings is 1. The second-order valence-electron chi connectivity index (χ2n) is 5.50. The van der Waals surface area contributed by atoms with Crippen molar-refractivity contribution in [3.8, 4) is 0 Å². The number of rotatable bonds is 7. The molecule has 1 aromatic carbocycles. The zero-order chi connectivity index (χ0) is 17.4. The summed E-state index contributed by atoms with van der Waals surface area (Å²) in [5.41, 5.74) is 0.701. The average molecular weight is 329 g/mol. The Morgan fingerprint density at radius 2 is 2.00 bits per heavy atom. The highest BCUT2D eigenvalue weighted by atomic mass is 16.2. The molecule has 0 bridgehead atoms. The van der Waals surface area contributed by atoms with Crippen LogP contribution in [-0.2, 0) is 11.3 Å². The second-order valence-corrected chi connectivity index (χ2v) is 5.50. The van der Waals surface area contributed by atoms with E-state index in [9.17, 15) is 9.59 Å². The van der Waals surface area contributed by atoms with Crippen molar-refractivity contribution in [1.29, 1.82) is 0 Å². The second kappa shape index (κ2) is 8.71. The van der Waals surface area contributed by atoms with Crippen LogP contribution in [0.5, 0.6) is 0 Å². The van der Waals surface area contributed by atoms with Gasteiger partial charge in [-0.05, 0) is 32.4 Å². The first-order valence-electron chi connectivity index (χ1n) is 7.94. The molecule has 0 saturated heterocycles.